The molecule has 0 amide bonds. The Bertz CT molecular complexity index is 290. The van der Waals surface area contributed by atoms with Crippen molar-refractivity contribution < 1.29 is 10.2 Å². The molecule has 0 spiro atoms. The number of thioether (sulfide) groups is 1. The van der Waals surface area contributed by atoms with Gasteiger partial charge in [-0.25, -0.2) is 0 Å². The summed E-state index contributed by atoms with van der Waals surface area (Å²) in [5.41, 5.74) is 0.980. The normalized spacial score (nSPS) is 12.4. The Balaban J connectivity index is 2.53. The Morgan fingerprint density at radius 1 is 1.25 bits per heavy atom. The quantitative estimate of drug-likeness (QED) is 0.639. The molecule has 3 nitrogen and oxygen atoms in total. The molecule has 0 saturated heterocycles. The number of rotatable bonds is 7. The van der Waals surface area contributed by atoms with E-state index < -0.39 is 0 Å². The van der Waals surface area contributed by atoms with Gasteiger partial charge in [0.05, 0.1) is 12.6 Å². The fourth-order valence-corrected chi connectivity index (χ4v) is 2.08. The lowest BCUT2D eigenvalue weighted by Crippen LogP contribution is -2.24. The maximum Gasteiger partial charge on any atom is 0.0633 e. The molecule has 0 heterocycles. The molecule has 0 bridgehead atoms. The highest BCUT2D eigenvalue weighted by molar-refractivity contribution is 7.99. The third kappa shape index (κ3) is 4.43. The minimum Gasteiger partial charge on any atom is -0.396 e. The van der Waals surface area contributed by atoms with Crippen molar-refractivity contribution in [3.8, 4) is 0 Å². The first-order valence-electron chi connectivity index (χ1n) is 5.51. The Morgan fingerprint density at radius 3 is 2.44 bits per heavy atom. The van der Waals surface area contributed by atoms with E-state index in [1.54, 1.807) is 11.8 Å². The van der Waals surface area contributed by atoms with Gasteiger partial charge >= 0.3 is 0 Å². The summed E-state index contributed by atoms with van der Waals surface area (Å²) in [6.45, 7) is 2.24. The molecule has 0 aliphatic carbocycles. The summed E-state index contributed by atoms with van der Waals surface area (Å²) in [6.07, 6.45) is 0.558. The lowest BCUT2D eigenvalue weighted by Gasteiger charge is -2.16. The van der Waals surface area contributed by atoms with Crippen molar-refractivity contribution in [1.82, 2.24) is 0 Å². The topological polar surface area (TPSA) is 52.5 Å². The molecule has 1 aromatic carbocycles. The van der Waals surface area contributed by atoms with Gasteiger partial charge in [0.2, 0.25) is 0 Å². The van der Waals surface area contributed by atoms with E-state index >= 15 is 0 Å². The van der Waals surface area contributed by atoms with Crippen LogP contribution in [-0.4, -0.2) is 35.2 Å². The second-order valence-electron chi connectivity index (χ2n) is 3.49. The van der Waals surface area contributed by atoms with Crippen molar-refractivity contribution >= 4 is 17.4 Å². The first-order valence-corrected chi connectivity index (χ1v) is 6.49. The number of aliphatic hydroxyl groups excluding tert-OH is 2. The average Bonchev–Trinajstić information content (AvgIpc) is 2.31. The molecule has 0 aliphatic rings. The smallest absolute Gasteiger partial charge is 0.0633 e. The molecule has 3 N–H and O–H groups in total. The maximum atomic E-state index is 9.08. The molecular formula is C12H19NO2S. The van der Waals surface area contributed by atoms with Gasteiger partial charge in [0.15, 0.2) is 0 Å². The summed E-state index contributed by atoms with van der Waals surface area (Å²) in [6, 6.07) is 8.04. The van der Waals surface area contributed by atoms with Gasteiger partial charge in [-0.2, -0.15) is 0 Å². The Kier molecular flexibility index (Phi) is 6.30. The fourth-order valence-electron chi connectivity index (χ4n) is 1.41. The molecular weight excluding hydrogens is 222 g/mol. The van der Waals surface area contributed by atoms with Crippen LogP contribution >= 0.6 is 11.8 Å². The summed E-state index contributed by atoms with van der Waals surface area (Å²) >= 11 is 1.80. The number of hydrogen-bond acceptors (Lipinski definition) is 4. The van der Waals surface area contributed by atoms with E-state index in [9.17, 15) is 0 Å². The van der Waals surface area contributed by atoms with Gasteiger partial charge in [0.1, 0.15) is 0 Å². The highest BCUT2D eigenvalue weighted by Gasteiger charge is 2.05. The fraction of sp³-hybridized carbons (Fsp3) is 0.500. The molecule has 0 aromatic heterocycles. The second kappa shape index (κ2) is 7.54. The van der Waals surface area contributed by atoms with Crippen LogP contribution in [0.5, 0.6) is 0 Å². The van der Waals surface area contributed by atoms with Crippen LogP contribution in [0, 0.1) is 0 Å². The molecule has 16 heavy (non-hydrogen) atoms. The van der Waals surface area contributed by atoms with Crippen LogP contribution in [0.4, 0.5) is 5.69 Å². The molecule has 1 unspecified atom stereocenters. The molecule has 1 rings (SSSR count). The zero-order valence-corrected chi connectivity index (χ0v) is 10.3. The minimum absolute atomic E-state index is 0.0338. The van der Waals surface area contributed by atoms with Crippen LogP contribution in [0.25, 0.3) is 0 Å². The van der Waals surface area contributed by atoms with Gasteiger partial charge in [0, 0.05) is 17.2 Å². The predicted molar refractivity (Wildman–Crippen MR) is 69.0 cm³/mol. The van der Waals surface area contributed by atoms with Gasteiger partial charge in [-0.15, -0.1) is 11.8 Å². The van der Waals surface area contributed by atoms with Crippen LogP contribution in [-0.2, 0) is 0 Å². The number of aliphatic hydroxyl groups is 2. The monoisotopic (exact) mass is 241 g/mol. The lowest BCUT2D eigenvalue weighted by molar-refractivity contribution is 0.229. The highest BCUT2D eigenvalue weighted by atomic mass is 32.2. The molecule has 0 saturated carbocycles. The van der Waals surface area contributed by atoms with E-state index in [4.69, 9.17) is 10.2 Å². The molecule has 1 aromatic rings. The zero-order valence-electron chi connectivity index (χ0n) is 9.52. The van der Waals surface area contributed by atoms with Crippen LogP contribution < -0.4 is 5.32 Å². The van der Waals surface area contributed by atoms with E-state index in [1.165, 1.54) is 4.90 Å². The Morgan fingerprint density at radius 2 is 1.94 bits per heavy atom. The summed E-state index contributed by atoms with van der Waals surface area (Å²) in [4.78, 5) is 1.25. The van der Waals surface area contributed by atoms with Crippen molar-refractivity contribution in [3.63, 3.8) is 0 Å². The van der Waals surface area contributed by atoms with Crippen molar-refractivity contribution in [2.75, 3.05) is 24.3 Å². The highest BCUT2D eigenvalue weighted by Crippen LogP contribution is 2.20. The Hall–Kier alpha value is -0.710. The van der Waals surface area contributed by atoms with Gasteiger partial charge < -0.3 is 15.5 Å². The third-order valence-corrected chi connectivity index (χ3v) is 3.13. The third-order valence-electron chi connectivity index (χ3n) is 2.23. The van der Waals surface area contributed by atoms with Crippen molar-refractivity contribution in [2.45, 2.75) is 24.3 Å². The standard InChI is InChI=1S/C12H19NO2S/c1-2-16-12-5-3-10(4-6-12)13-11(9-15)7-8-14/h3-6,11,13-15H,2,7-9H2,1H3. The Labute approximate surface area is 101 Å². The van der Waals surface area contributed by atoms with Gasteiger partial charge in [-0.3, -0.25) is 0 Å². The van der Waals surface area contributed by atoms with Crippen molar-refractivity contribution in [2.24, 2.45) is 0 Å². The number of hydrogen-bond donors (Lipinski definition) is 3. The van der Waals surface area contributed by atoms with E-state index in [0.717, 1.165) is 11.4 Å². The van der Waals surface area contributed by atoms with Crippen LogP contribution in [0.1, 0.15) is 13.3 Å². The zero-order chi connectivity index (χ0) is 11.8. The van der Waals surface area contributed by atoms with E-state index in [1.807, 2.05) is 12.1 Å². The van der Waals surface area contributed by atoms with Crippen LogP contribution in [0.2, 0.25) is 0 Å². The molecule has 4 heteroatoms. The average molecular weight is 241 g/mol. The molecule has 0 radical (unpaired) electrons. The van der Waals surface area contributed by atoms with E-state index in [-0.39, 0.29) is 19.3 Å². The van der Waals surface area contributed by atoms with Gasteiger partial charge in [-0.05, 0) is 36.4 Å². The summed E-state index contributed by atoms with van der Waals surface area (Å²) in [5, 5.41) is 21.1. The van der Waals surface area contributed by atoms with Crippen molar-refractivity contribution in [1.29, 1.82) is 0 Å². The predicted octanol–water partition coefficient (Wildman–Crippen LogP) is 1.95. The van der Waals surface area contributed by atoms with E-state index in [2.05, 4.69) is 24.4 Å². The summed E-state index contributed by atoms with van der Waals surface area (Å²) in [7, 11) is 0. The summed E-state index contributed by atoms with van der Waals surface area (Å²) < 4.78 is 0. The van der Waals surface area contributed by atoms with Gasteiger partial charge in [-0.1, -0.05) is 6.92 Å². The SMILES string of the molecule is CCSc1ccc(NC(CO)CCO)cc1. The van der Waals surface area contributed by atoms with Crippen molar-refractivity contribution in [3.05, 3.63) is 24.3 Å². The number of anilines is 1. The van der Waals surface area contributed by atoms with Crippen LogP contribution in [0.3, 0.4) is 0 Å². The number of benzene rings is 1. The molecule has 0 aliphatic heterocycles. The largest absolute Gasteiger partial charge is 0.396 e. The minimum atomic E-state index is -0.0744. The summed E-state index contributed by atoms with van der Waals surface area (Å²) in [5.74, 6) is 1.07. The molecule has 0 fully saturated rings. The van der Waals surface area contributed by atoms with Crippen LogP contribution in [0.15, 0.2) is 29.2 Å². The molecule has 90 valence electrons. The lowest BCUT2D eigenvalue weighted by atomic mass is 10.2. The van der Waals surface area contributed by atoms with Gasteiger partial charge in [0.25, 0.3) is 0 Å². The number of nitrogens with one attached hydrogen (secondary N) is 1. The first-order chi connectivity index (χ1) is 7.80. The molecule has 1 atom stereocenters. The van der Waals surface area contributed by atoms with E-state index in [0.29, 0.717) is 6.42 Å². The first kappa shape index (κ1) is 13.4. The second-order valence-corrected chi connectivity index (χ2v) is 4.83. The maximum absolute atomic E-state index is 9.08.